The number of primary amides is 1. The second kappa shape index (κ2) is 6.55. The minimum absolute atomic E-state index is 0.252. The van der Waals surface area contributed by atoms with E-state index >= 15 is 0 Å². The third-order valence-electron chi connectivity index (χ3n) is 2.86. The van der Waals surface area contributed by atoms with Crippen LogP contribution in [0.15, 0.2) is 36.5 Å². The standard InChI is InChI=1S/C15H13F3N2O3/c1-2-9-7-10(13(19)21)8-20-14(9)22-11-3-5-12(6-4-11)23-15(16,17)18/h3-8H,2H2,1H3,(H2,19,21). The Labute approximate surface area is 129 Å². The van der Waals surface area contributed by atoms with Crippen LogP contribution < -0.4 is 15.2 Å². The Balaban J connectivity index is 2.17. The lowest BCUT2D eigenvalue weighted by molar-refractivity contribution is -0.274. The molecule has 0 aliphatic carbocycles. The van der Waals surface area contributed by atoms with Crippen LogP contribution in [0.3, 0.4) is 0 Å². The molecule has 1 amide bonds. The van der Waals surface area contributed by atoms with Gasteiger partial charge in [-0.05, 0) is 36.8 Å². The zero-order chi connectivity index (χ0) is 17.0. The van der Waals surface area contributed by atoms with E-state index in [9.17, 15) is 18.0 Å². The summed E-state index contributed by atoms with van der Waals surface area (Å²) < 4.78 is 45.6. The topological polar surface area (TPSA) is 74.4 Å². The van der Waals surface area contributed by atoms with E-state index in [0.717, 1.165) is 12.1 Å². The van der Waals surface area contributed by atoms with Crippen molar-refractivity contribution in [1.82, 2.24) is 4.98 Å². The molecule has 0 aliphatic rings. The van der Waals surface area contributed by atoms with E-state index in [1.54, 1.807) is 6.07 Å². The third kappa shape index (κ3) is 4.60. The molecule has 0 atom stereocenters. The first-order valence-corrected chi connectivity index (χ1v) is 6.61. The smallest absolute Gasteiger partial charge is 0.439 e. The van der Waals surface area contributed by atoms with Crippen LogP contribution >= 0.6 is 0 Å². The van der Waals surface area contributed by atoms with Gasteiger partial charge in [0.05, 0.1) is 5.56 Å². The summed E-state index contributed by atoms with van der Waals surface area (Å²) in [6.07, 6.45) is -2.93. The first-order chi connectivity index (χ1) is 10.8. The van der Waals surface area contributed by atoms with Crippen molar-refractivity contribution in [2.24, 2.45) is 5.73 Å². The van der Waals surface area contributed by atoms with Gasteiger partial charge in [0.2, 0.25) is 11.8 Å². The summed E-state index contributed by atoms with van der Waals surface area (Å²) in [7, 11) is 0. The van der Waals surface area contributed by atoms with Crippen molar-refractivity contribution in [3.8, 4) is 17.4 Å². The zero-order valence-electron chi connectivity index (χ0n) is 12.1. The lowest BCUT2D eigenvalue weighted by atomic mass is 10.1. The minimum Gasteiger partial charge on any atom is -0.439 e. The van der Waals surface area contributed by atoms with Gasteiger partial charge in [-0.25, -0.2) is 4.98 Å². The highest BCUT2D eigenvalue weighted by Crippen LogP contribution is 2.28. The first kappa shape index (κ1) is 16.6. The molecule has 122 valence electrons. The molecule has 0 fully saturated rings. The highest BCUT2D eigenvalue weighted by molar-refractivity contribution is 5.92. The number of carbonyl (C=O) groups excluding carboxylic acids is 1. The third-order valence-corrected chi connectivity index (χ3v) is 2.86. The predicted molar refractivity (Wildman–Crippen MR) is 75.3 cm³/mol. The summed E-state index contributed by atoms with van der Waals surface area (Å²) in [5.74, 6) is -0.416. The molecule has 0 bridgehead atoms. The first-order valence-electron chi connectivity index (χ1n) is 6.61. The molecule has 0 spiro atoms. The summed E-state index contributed by atoms with van der Waals surface area (Å²) in [6, 6.07) is 6.47. The average Bonchev–Trinajstić information content (AvgIpc) is 2.48. The van der Waals surface area contributed by atoms with Crippen LogP contribution in [0, 0.1) is 0 Å². The van der Waals surface area contributed by atoms with E-state index in [0.29, 0.717) is 12.0 Å². The number of carbonyl (C=O) groups is 1. The molecule has 8 heteroatoms. The molecule has 0 unspecified atom stereocenters. The van der Waals surface area contributed by atoms with Crippen molar-refractivity contribution >= 4 is 5.91 Å². The van der Waals surface area contributed by atoms with Crippen LogP contribution in [-0.4, -0.2) is 17.3 Å². The van der Waals surface area contributed by atoms with Crippen LogP contribution in [0.1, 0.15) is 22.8 Å². The van der Waals surface area contributed by atoms with Gasteiger partial charge in [0.15, 0.2) is 0 Å². The highest BCUT2D eigenvalue weighted by Gasteiger charge is 2.31. The lowest BCUT2D eigenvalue weighted by Crippen LogP contribution is -2.16. The quantitative estimate of drug-likeness (QED) is 0.913. The number of hydrogen-bond donors (Lipinski definition) is 1. The summed E-state index contributed by atoms with van der Waals surface area (Å²) >= 11 is 0. The number of hydrogen-bond acceptors (Lipinski definition) is 4. The van der Waals surface area contributed by atoms with Gasteiger partial charge in [0, 0.05) is 11.8 Å². The van der Waals surface area contributed by atoms with Gasteiger partial charge in [0.1, 0.15) is 11.5 Å². The second-order valence-electron chi connectivity index (χ2n) is 4.53. The number of aromatic nitrogens is 1. The van der Waals surface area contributed by atoms with Crippen molar-refractivity contribution < 1.29 is 27.4 Å². The summed E-state index contributed by atoms with van der Waals surface area (Å²) in [5, 5.41) is 0. The van der Waals surface area contributed by atoms with Gasteiger partial charge in [-0.1, -0.05) is 6.92 Å². The normalized spacial score (nSPS) is 11.1. The Kier molecular flexibility index (Phi) is 4.73. The lowest BCUT2D eigenvalue weighted by Gasteiger charge is -2.11. The molecule has 1 heterocycles. The van der Waals surface area contributed by atoms with E-state index in [2.05, 4.69) is 9.72 Å². The Morgan fingerprint density at radius 3 is 2.35 bits per heavy atom. The van der Waals surface area contributed by atoms with Gasteiger partial charge in [0.25, 0.3) is 0 Å². The van der Waals surface area contributed by atoms with Crippen LogP contribution in [0.5, 0.6) is 17.4 Å². The summed E-state index contributed by atoms with van der Waals surface area (Å²) in [6.45, 7) is 1.84. The molecule has 1 aromatic heterocycles. The van der Waals surface area contributed by atoms with Crippen molar-refractivity contribution in [2.45, 2.75) is 19.7 Å². The second-order valence-corrected chi connectivity index (χ2v) is 4.53. The molecule has 2 rings (SSSR count). The fourth-order valence-corrected chi connectivity index (χ4v) is 1.80. The number of aryl methyl sites for hydroxylation is 1. The van der Waals surface area contributed by atoms with Crippen LogP contribution in [0.2, 0.25) is 0 Å². The molecular formula is C15H13F3N2O3. The molecular weight excluding hydrogens is 313 g/mol. The van der Waals surface area contributed by atoms with E-state index in [4.69, 9.17) is 10.5 Å². The number of pyridine rings is 1. The van der Waals surface area contributed by atoms with Gasteiger partial charge < -0.3 is 15.2 Å². The van der Waals surface area contributed by atoms with Gasteiger partial charge in [-0.3, -0.25) is 4.79 Å². The Bertz CT molecular complexity index is 700. The van der Waals surface area contributed by atoms with Gasteiger partial charge in [-0.2, -0.15) is 0 Å². The summed E-state index contributed by atoms with van der Waals surface area (Å²) in [4.78, 5) is 15.1. The fraction of sp³-hybridized carbons (Fsp3) is 0.200. The molecule has 23 heavy (non-hydrogen) atoms. The van der Waals surface area contributed by atoms with Crippen molar-refractivity contribution in [3.63, 3.8) is 0 Å². The van der Waals surface area contributed by atoms with E-state index in [-0.39, 0.29) is 22.9 Å². The van der Waals surface area contributed by atoms with E-state index < -0.39 is 12.3 Å². The monoisotopic (exact) mass is 326 g/mol. The molecule has 0 saturated heterocycles. The predicted octanol–water partition coefficient (Wildman–Crippen LogP) is 3.43. The molecule has 0 radical (unpaired) electrons. The van der Waals surface area contributed by atoms with Gasteiger partial charge in [-0.15, -0.1) is 13.2 Å². The molecule has 0 saturated carbocycles. The Morgan fingerprint density at radius 1 is 1.22 bits per heavy atom. The number of ether oxygens (including phenoxy) is 2. The molecule has 0 aliphatic heterocycles. The number of amides is 1. The van der Waals surface area contributed by atoms with Crippen LogP contribution in [0.25, 0.3) is 0 Å². The zero-order valence-corrected chi connectivity index (χ0v) is 12.1. The molecule has 2 aromatic rings. The summed E-state index contributed by atoms with van der Waals surface area (Å²) in [5.41, 5.74) is 6.08. The fourth-order valence-electron chi connectivity index (χ4n) is 1.80. The maximum Gasteiger partial charge on any atom is 0.573 e. The molecule has 1 aromatic carbocycles. The van der Waals surface area contributed by atoms with E-state index in [1.165, 1.54) is 18.3 Å². The van der Waals surface area contributed by atoms with Crippen LogP contribution in [0.4, 0.5) is 13.2 Å². The molecule has 5 nitrogen and oxygen atoms in total. The Hall–Kier alpha value is -2.77. The van der Waals surface area contributed by atoms with Crippen LogP contribution in [-0.2, 0) is 6.42 Å². The minimum atomic E-state index is -4.75. The highest BCUT2D eigenvalue weighted by atomic mass is 19.4. The Morgan fingerprint density at radius 2 is 1.83 bits per heavy atom. The van der Waals surface area contributed by atoms with Gasteiger partial charge >= 0.3 is 6.36 Å². The number of nitrogens with zero attached hydrogens (tertiary/aromatic N) is 1. The number of nitrogens with two attached hydrogens (primary N) is 1. The van der Waals surface area contributed by atoms with Crippen molar-refractivity contribution in [2.75, 3.05) is 0 Å². The largest absolute Gasteiger partial charge is 0.573 e. The number of benzene rings is 1. The maximum atomic E-state index is 12.1. The van der Waals surface area contributed by atoms with Crippen molar-refractivity contribution in [1.29, 1.82) is 0 Å². The number of alkyl halides is 3. The number of rotatable bonds is 5. The number of halogens is 3. The van der Waals surface area contributed by atoms with E-state index in [1.807, 2.05) is 6.92 Å². The average molecular weight is 326 g/mol. The maximum absolute atomic E-state index is 12.1. The molecule has 2 N–H and O–H groups in total. The SMILES string of the molecule is CCc1cc(C(N)=O)cnc1Oc1ccc(OC(F)(F)F)cc1. The van der Waals surface area contributed by atoms with Crippen molar-refractivity contribution in [3.05, 3.63) is 47.7 Å².